The number of carboxylic acid groups (broad SMARTS) is 1. The van der Waals surface area contributed by atoms with Gasteiger partial charge in [-0.2, -0.15) is 5.26 Å². The van der Waals surface area contributed by atoms with E-state index in [0.29, 0.717) is 32.5 Å². The highest BCUT2D eigenvalue weighted by atomic mass is 16.5. The molecule has 0 bridgehead atoms. The number of amides is 1. The Morgan fingerprint density at radius 1 is 1.19 bits per heavy atom. The zero-order chi connectivity index (χ0) is 19.3. The minimum atomic E-state index is -1.12. The van der Waals surface area contributed by atoms with Gasteiger partial charge in [-0.15, -0.1) is 0 Å². The minimum Gasteiger partial charge on any atom is -0.481 e. The lowest BCUT2D eigenvalue weighted by atomic mass is 9.80. The van der Waals surface area contributed by atoms with Crippen molar-refractivity contribution in [2.24, 2.45) is 11.3 Å². The quantitative estimate of drug-likeness (QED) is 0.818. The van der Waals surface area contributed by atoms with Gasteiger partial charge in [-0.05, 0) is 35.6 Å². The Kier molecular flexibility index (Phi) is 5.72. The van der Waals surface area contributed by atoms with E-state index in [9.17, 15) is 20.0 Å². The first-order chi connectivity index (χ1) is 13.0. The SMILES string of the molecule is N#CC1(C(=O)NC[C@@H](Cc2ccc3ccccc3c2)C(=O)O)CCOCC1. The molecule has 3 rings (SSSR count). The van der Waals surface area contributed by atoms with Gasteiger partial charge < -0.3 is 15.2 Å². The largest absolute Gasteiger partial charge is 0.481 e. The van der Waals surface area contributed by atoms with E-state index in [1.807, 2.05) is 42.5 Å². The van der Waals surface area contributed by atoms with E-state index in [-0.39, 0.29) is 6.54 Å². The molecular weight excluding hydrogens is 344 g/mol. The van der Waals surface area contributed by atoms with Crippen LogP contribution in [-0.2, 0) is 20.7 Å². The minimum absolute atomic E-state index is 0.00865. The van der Waals surface area contributed by atoms with Gasteiger partial charge >= 0.3 is 5.97 Å². The number of ether oxygens (including phenoxy) is 1. The lowest BCUT2D eigenvalue weighted by molar-refractivity contribution is -0.142. The molecule has 0 radical (unpaired) electrons. The molecule has 0 spiro atoms. The van der Waals surface area contributed by atoms with Crippen LogP contribution in [0.25, 0.3) is 10.8 Å². The summed E-state index contributed by atoms with van der Waals surface area (Å²) in [5.74, 6) is -2.13. The molecule has 6 heteroatoms. The van der Waals surface area contributed by atoms with Crippen LogP contribution in [0.5, 0.6) is 0 Å². The summed E-state index contributed by atoms with van der Waals surface area (Å²) >= 11 is 0. The van der Waals surface area contributed by atoms with Crippen molar-refractivity contribution in [1.82, 2.24) is 5.32 Å². The van der Waals surface area contributed by atoms with Crippen molar-refractivity contribution < 1.29 is 19.4 Å². The zero-order valence-electron chi connectivity index (χ0n) is 15.0. The summed E-state index contributed by atoms with van der Waals surface area (Å²) in [6, 6.07) is 15.8. The van der Waals surface area contributed by atoms with Crippen LogP contribution in [0.3, 0.4) is 0 Å². The number of carbonyl (C=O) groups is 2. The molecule has 1 aliphatic heterocycles. The van der Waals surface area contributed by atoms with Crippen LogP contribution in [0.1, 0.15) is 18.4 Å². The van der Waals surface area contributed by atoms with Gasteiger partial charge in [0, 0.05) is 19.8 Å². The number of rotatable bonds is 6. The molecule has 1 atom stereocenters. The average molecular weight is 366 g/mol. The van der Waals surface area contributed by atoms with Crippen LogP contribution in [0.4, 0.5) is 0 Å². The van der Waals surface area contributed by atoms with Crippen LogP contribution in [0, 0.1) is 22.7 Å². The summed E-state index contributed by atoms with van der Waals surface area (Å²) in [5.41, 5.74) is -0.221. The van der Waals surface area contributed by atoms with Crippen molar-refractivity contribution in [1.29, 1.82) is 5.26 Å². The molecule has 0 unspecified atom stereocenters. The second-order valence-electron chi connectivity index (χ2n) is 6.94. The number of carbonyl (C=O) groups excluding carboxylic acids is 1. The third-order valence-electron chi connectivity index (χ3n) is 5.15. The Labute approximate surface area is 157 Å². The molecule has 6 nitrogen and oxygen atoms in total. The molecule has 2 N–H and O–H groups in total. The molecule has 1 saturated heterocycles. The molecule has 1 amide bonds. The Hall–Kier alpha value is -2.91. The van der Waals surface area contributed by atoms with Crippen LogP contribution < -0.4 is 5.32 Å². The molecule has 140 valence electrons. The molecule has 0 aliphatic carbocycles. The predicted octanol–water partition coefficient (Wildman–Crippen LogP) is 2.52. The van der Waals surface area contributed by atoms with E-state index in [1.165, 1.54) is 0 Å². The van der Waals surface area contributed by atoms with Crippen LogP contribution >= 0.6 is 0 Å². The van der Waals surface area contributed by atoms with Gasteiger partial charge in [-0.1, -0.05) is 42.5 Å². The van der Waals surface area contributed by atoms with Crippen molar-refractivity contribution in [2.75, 3.05) is 19.8 Å². The second kappa shape index (κ2) is 8.19. The highest BCUT2D eigenvalue weighted by molar-refractivity contribution is 5.86. The third-order valence-corrected chi connectivity index (χ3v) is 5.15. The normalized spacial score (nSPS) is 17.0. The number of benzene rings is 2. The van der Waals surface area contributed by atoms with E-state index in [4.69, 9.17) is 4.74 Å². The molecule has 1 aliphatic rings. The van der Waals surface area contributed by atoms with Crippen molar-refractivity contribution in [3.8, 4) is 6.07 Å². The number of fused-ring (bicyclic) bond motifs is 1. The number of hydrogen-bond acceptors (Lipinski definition) is 4. The van der Waals surface area contributed by atoms with E-state index < -0.39 is 23.2 Å². The molecule has 27 heavy (non-hydrogen) atoms. The van der Waals surface area contributed by atoms with E-state index >= 15 is 0 Å². The van der Waals surface area contributed by atoms with Gasteiger partial charge in [0.15, 0.2) is 0 Å². The summed E-state index contributed by atoms with van der Waals surface area (Å²) in [5, 5.41) is 23.8. The molecule has 2 aromatic carbocycles. The maximum absolute atomic E-state index is 12.5. The standard InChI is InChI=1S/C21H22N2O4/c22-14-21(7-9-27-10-8-21)20(26)23-13-18(19(24)25)12-15-5-6-16-3-1-2-4-17(16)11-15/h1-6,11,18H,7-10,12-13H2,(H,23,26)(H,24,25)/t18-/m1/s1. The van der Waals surface area contributed by atoms with Crippen molar-refractivity contribution in [3.63, 3.8) is 0 Å². The highest BCUT2D eigenvalue weighted by Crippen LogP contribution is 2.30. The van der Waals surface area contributed by atoms with Crippen LogP contribution in [-0.4, -0.2) is 36.7 Å². The molecule has 1 fully saturated rings. The van der Waals surface area contributed by atoms with Gasteiger partial charge in [-0.3, -0.25) is 9.59 Å². The average Bonchev–Trinajstić information content (AvgIpc) is 2.71. The molecular formula is C21H22N2O4. The summed E-state index contributed by atoms with van der Waals surface area (Å²) in [6.07, 6.45) is 0.971. The Balaban J connectivity index is 1.67. The van der Waals surface area contributed by atoms with Crippen LogP contribution in [0.15, 0.2) is 42.5 Å². The van der Waals surface area contributed by atoms with Crippen LogP contribution in [0.2, 0.25) is 0 Å². The van der Waals surface area contributed by atoms with E-state index in [2.05, 4.69) is 11.4 Å². The predicted molar refractivity (Wildman–Crippen MR) is 99.9 cm³/mol. The van der Waals surface area contributed by atoms with Gasteiger partial charge in [-0.25, -0.2) is 0 Å². The number of nitriles is 1. The lowest BCUT2D eigenvalue weighted by Gasteiger charge is -2.29. The lowest BCUT2D eigenvalue weighted by Crippen LogP contribution is -2.46. The second-order valence-corrected chi connectivity index (χ2v) is 6.94. The number of nitrogens with zero attached hydrogens (tertiary/aromatic N) is 1. The Bertz CT molecular complexity index is 881. The first kappa shape index (κ1) is 18.9. The molecule has 0 aromatic heterocycles. The summed E-state index contributed by atoms with van der Waals surface area (Å²) in [6.45, 7) is 0.714. The monoisotopic (exact) mass is 366 g/mol. The van der Waals surface area contributed by atoms with Crippen molar-refractivity contribution in [2.45, 2.75) is 19.3 Å². The van der Waals surface area contributed by atoms with Crippen molar-refractivity contribution >= 4 is 22.6 Å². The van der Waals surface area contributed by atoms with Gasteiger partial charge in [0.1, 0.15) is 5.41 Å². The zero-order valence-corrected chi connectivity index (χ0v) is 15.0. The fourth-order valence-corrected chi connectivity index (χ4v) is 3.39. The van der Waals surface area contributed by atoms with Gasteiger partial charge in [0.05, 0.1) is 12.0 Å². The number of carboxylic acids is 1. The van der Waals surface area contributed by atoms with Crippen molar-refractivity contribution in [3.05, 3.63) is 48.0 Å². The maximum Gasteiger partial charge on any atom is 0.308 e. The number of hydrogen-bond donors (Lipinski definition) is 2. The van der Waals surface area contributed by atoms with Gasteiger partial charge in [0.25, 0.3) is 0 Å². The maximum atomic E-state index is 12.5. The van der Waals surface area contributed by atoms with E-state index in [1.54, 1.807) is 0 Å². The first-order valence-corrected chi connectivity index (χ1v) is 9.02. The fourth-order valence-electron chi connectivity index (χ4n) is 3.39. The highest BCUT2D eigenvalue weighted by Gasteiger charge is 2.40. The summed E-state index contributed by atoms with van der Waals surface area (Å²) in [4.78, 5) is 24.2. The molecule has 2 aromatic rings. The topological polar surface area (TPSA) is 99.4 Å². The Morgan fingerprint density at radius 2 is 1.89 bits per heavy atom. The first-order valence-electron chi connectivity index (χ1n) is 9.02. The molecule has 1 heterocycles. The van der Waals surface area contributed by atoms with E-state index in [0.717, 1.165) is 16.3 Å². The Morgan fingerprint density at radius 3 is 2.56 bits per heavy atom. The number of nitrogens with one attached hydrogen (secondary N) is 1. The summed E-state index contributed by atoms with van der Waals surface area (Å²) < 4.78 is 5.23. The smallest absolute Gasteiger partial charge is 0.308 e. The van der Waals surface area contributed by atoms with Gasteiger partial charge in [0.2, 0.25) is 5.91 Å². The summed E-state index contributed by atoms with van der Waals surface area (Å²) in [7, 11) is 0. The third kappa shape index (κ3) is 4.26. The molecule has 0 saturated carbocycles. The number of aliphatic carboxylic acids is 1. The fraction of sp³-hybridized carbons (Fsp3) is 0.381.